The fourth-order valence-corrected chi connectivity index (χ4v) is 1.11. The van der Waals surface area contributed by atoms with E-state index in [1.807, 2.05) is 37.3 Å². The molecule has 0 aliphatic rings. The Bertz CT molecular complexity index is 261. The van der Waals surface area contributed by atoms with Gasteiger partial charge in [-0.1, -0.05) is 18.2 Å². The average molecular weight is 251 g/mol. The molecule has 0 saturated heterocycles. The smallest absolute Gasteiger partial charge is 0.0867 e. The Morgan fingerprint density at radius 1 is 1.38 bits per heavy atom. The van der Waals surface area contributed by atoms with Crippen LogP contribution in [0.1, 0.15) is 6.92 Å². The molecule has 0 aliphatic heterocycles. The molecule has 67 valence electrons. The van der Waals surface area contributed by atoms with Crippen LogP contribution in [0.3, 0.4) is 0 Å². The zero-order chi connectivity index (χ0) is 8.97. The molecule has 13 heavy (non-hydrogen) atoms. The molecule has 3 heteroatoms. The van der Waals surface area contributed by atoms with Crippen molar-refractivity contribution < 1.29 is 37.5 Å². The summed E-state index contributed by atoms with van der Waals surface area (Å²) >= 11 is 0. The minimum absolute atomic E-state index is 0. The Hall–Kier alpha value is -0.336. The van der Waals surface area contributed by atoms with Crippen molar-refractivity contribution >= 4 is 11.6 Å². The molecule has 0 N–H and O–H groups in total. The number of carbonyl (C=O) groups excluding carboxylic acids is 1. The molecule has 1 radical (unpaired) electrons. The average Bonchev–Trinajstić information content (AvgIpc) is 2.07. The van der Waals surface area contributed by atoms with E-state index >= 15 is 0 Å². The van der Waals surface area contributed by atoms with E-state index in [0.717, 1.165) is 5.69 Å². The van der Waals surface area contributed by atoms with Crippen LogP contribution in [0.4, 0.5) is 5.69 Å². The number of para-hydroxylation sites is 1. The molecule has 1 amide bonds. The van der Waals surface area contributed by atoms with E-state index in [2.05, 4.69) is 6.92 Å². The third-order valence-electron chi connectivity index (χ3n) is 1.69. The molecule has 0 aliphatic carbocycles. The summed E-state index contributed by atoms with van der Waals surface area (Å²) in [7, 11) is 0. The van der Waals surface area contributed by atoms with Crippen LogP contribution in [0, 0.1) is 6.92 Å². The summed E-state index contributed by atoms with van der Waals surface area (Å²) in [6.07, 6.45) is 0. The van der Waals surface area contributed by atoms with Gasteiger partial charge in [-0.15, -0.1) is 0 Å². The maximum atomic E-state index is 11.0. The topological polar surface area (TPSA) is 20.3 Å². The number of benzene rings is 1. The summed E-state index contributed by atoms with van der Waals surface area (Å²) in [5, 5.41) is 0. The van der Waals surface area contributed by atoms with Gasteiger partial charge in [0.25, 0.3) is 0 Å². The van der Waals surface area contributed by atoms with Gasteiger partial charge in [0.05, 0.1) is 5.91 Å². The predicted molar refractivity (Wildman–Crippen MR) is 49.8 cm³/mol. The van der Waals surface area contributed by atoms with Gasteiger partial charge in [0, 0.05) is 44.9 Å². The van der Waals surface area contributed by atoms with Gasteiger partial charge in [-0.25, -0.2) is 0 Å². The molecule has 1 aromatic rings. The van der Waals surface area contributed by atoms with Crippen LogP contribution in [0.15, 0.2) is 30.3 Å². The molecule has 0 aromatic heterocycles. The number of anilines is 1. The Morgan fingerprint density at radius 2 is 1.92 bits per heavy atom. The second-order valence-electron chi connectivity index (χ2n) is 2.47. The summed E-state index contributed by atoms with van der Waals surface area (Å²) in [4.78, 5) is 12.6. The number of nitrogens with zero attached hydrogens (tertiary/aromatic N) is 1. The molecule has 0 heterocycles. The first-order chi connectivity index (χ1) is 5.75. The van der Waals surface area contributed by atoms with E-state index in [1.54, 1.807) is 4.90 Å². The largest absolute Gasteiger partial charge is 0.338 e. The van der Waals surface area contributed by atoms with Crippen molar-refractivity contribution in [2.75, 3.05) is 11.4 Å². The van der Waals surface area contributed by atoms with Crippen molar-refractivity contribution in [3.8, 4) is 0 Å². The van der Waals surface area contributed by atoms with Crippen LogP contribution in [-0.4, -0.2) is 12.5 Å². The van der Waals surface area contributed by atoms with E-state index in [4.69, 9.17) is 0 Å². The summed E-state index contributed by atoms with van der Waals surface area (Å²) in [5.74, 6) is -0.163. The zero-order valence-corrected chi connectivity index (χ0v) is 10.6. The second kappa shape index (κ2) is 6.17. The Labute approximate surface area is 104 Å². The van der Waals surface area contributed by atoms with E-state index < -0.39 is 0 Å². The van der Waals surface area contributed by atoms with Gasteiger partial charge in [0.1, 0.15) is 0 Å². The Balaban J connectivity index is 0.00000144. The molecular weight excluding hydrogens is 239 g/mol. The fourth-order valence-electron chi connectivity index (χ4n) is 1.11. The zero-order valence-electron chi connectivity index (χ0n) is 7.73. The predicted octanol–water partition coefficient (Wildman–Crippen LogP) is 1.87. The standard InChI is InChI=1S/C10H12NO.Y/c1-3-11(9(2)12)10-7-5-4-6-8-10;/h4-8H,2-3H2,1H3;/q-1;. The second-order valence-corrected chi connectivity index (χ2v) is 2.47. The summed E-state index contributed by atoms with van der Waals surface area (Å²) < 4.78 is 0. The van der Waals surface area contributed by atoms with E-state index in [0.29, 0.717) is 6.54 Å². The van der Waals surface area contributed by atoms with E-state index in [-0.39, 0.29) is 38.6 Å². The molecule has 1 aromatic carbocycles. The Morgan fingerprint density at radius 3 is 2.31 bits per heavy atom. The molecular formula is C10H12NOY-. The first-order valence-corrected chi connectivity index (χ1v) is 3.94. The number of hydrogen-bond acceptors (Lipinski definition) is 1. The van der Waals surface area contributed by atoms with E-state index in [9.17, 15) is 4.79 Å². The first kappa shape index (κ1) is 12.7. The SMILES string of the molecule is [CH2-]C(=O)N(CC)c1ccccc1.[Y]. The van der Waals surface area contributed by atoms with Crippen molar-refractivity contribution in [3.05, 3.63) is 37.3 Å². The number of carbonyl (C=O) groups is 1. The summed E-state index contributed by atoms with van der Waals surface area (Å²) in [6, 6.07) is 9.52. The monoisotopic (exact) mass is 251 g/mol. The van der Waals surface area contributed by atoms with Crippen LogP contribution in [0.5, 0.6) is 0 Å². The van der Waals surface area contributed by atoms with Gasteiger partial charge in [-0.2, -0.15) is 0 Å². The molecule has 0 unspecified atom stereocenters. The number of amides is 1. The molecule has 0 atom stereocenters. The van der Waals surface area contributed by atoms with Crippen LogP contribution in [-0.2, 0) is 37.5 Å². The van der Waals surface area contributed by atoms with Crippen LogP contribution in [0.2, 0.25) is 0 Å². The van der Waals surface area contributed by atoms with Gasteiger partial charge in [-0.3, -0.25) is 0 Å². The molecule has 2 nitrogen and oxygen atoms in total. The summed E-state index contributed by atoms with van der Waals surface area (Å²) in [6.45, 7) is 5.96. The Kier molecular flexibility index (Phi) is 6.01. The quantitative estimate of drug-likeness (QED) is 0.735. The van der Waals surface area contributed by atoms with Crippen LogP contribution in [0.25, 0.3) is 0 Å². The number of hydrogen-bond donors (Lipinski definition) is 0. The minimum atomic E-state index is -0.163. The third-order valence-corrected chi connectivity index (χ3v) is 1.69. The fraction of sp³-hybridized carbons (Fsp3) is 0.200. The third kappa shape index (κ3) is 3.49. The molecule has 0 fully saturated rings. The van der Waals surface area contributed by atoms with Gasteiger partial charge < -0.3 is 16.6 Å². The molecule has 0 bridgehead atoms. The molecule has 1 rings (SSSR count). The maximum Gasteiger partial charge on any atom is 0.0867 e. The molecule has 0 spiro atoms. The van der Waals surface area contributed by atoms with Crippen molar-refractivity contribution in [1.82, 2.24) is 0 Å². The normalized spacial score (nSPS) is 8.69. The number of rotatable bonds is 2. The van der Waals surface area contributed by atoms with Crippen molar-refractivity contribution in [1.29, 1.82) is 0 Å². The van der Waals surface area contributed by atoms with Gasteiger partial charge >= 0.3 is 0 Å². The minimum Gasteiger partial charge on any atom is -0.338 e. The van der Waals surface area contributed by atoms with Crippen molar-refractivity contribution in [3.63, 3.8) is 0 Å². The van der Waals surface area contributed by atoms with Crippen LogP contribution < -0.4 is 4.90 Å². The van der Waals surface area contributed by atoms with Gasteiger partial charge in [0.15, 0.2) is 0 Å². The van der Waals surface area contributed by atoms with Crippen molar-refractivity contribution in [2.24, 2.45) is 0 Å². The van der Waals surface area contributed by atoms with E-state index in [1.165, 1.54) is 0 Å². The van der Waals surface area contributed by atoms with Gasteiger partial charge in [-0.05, 0) is 19.1 Å². The molecule has 0 saturated carbocycles. The maximum absolute atomic E-state index is 11.0. The van der Waals surface area contributed by atoms with Gasteiger partial charge in [0.2, 0.25) is 0 Å². The first-order valence-electron chi connectivity index (χ1n) is 3.94. The summed E-state index contributed by atoms with van der Waals surface area (Å²) in [5.41, 5.74) is 0.903. The van der Waals surface area contributed by atoms with Crippen molar-refractivity contribution in [2.45, 2.75) is 6.92 Å². The van der Waals surface area contributed by atoms with Crippen LogP contribution >= 0.6 is 0 Å².